The summed E-state index contributed by atoms with van der Waals surface area (Å²) in [5.41, 5.74) is 13.3. The number of fused-ring (bicyclic) bond motifs is 8. The van der Waals surface area contributed by atoms with Crippen molar-refractivity contribution in [3.63, 3.8) is 0 Å². The van der Waals surface area contributed by atoms with Crippen LogP contribution in [0.4, 0.5) is 0 Å². The monoisotopic (exact) mass is 699 g/mol. The molecule has 1 aliphatic heterocycles. The second-order valence-electron chi connectivity index (χ2n) is 10.2. The van der Waals surface area contributed by atoms with Gasteiger partial charge in [0.15, 0.2) is 0 Å². The van der Waals surface area contributed by atoms with Crippen LogP contribution in [0.15, 0.2) is 6.07 Å². The van der Waals surface area contributed by atoms with Gasteiger partial charge in [-0.25, -0.2) is 0 Å². The van der Waals surface area contributed by atoms with Crippen molar-refractivity contribution in [1.82, 2.24) is 19.9 Å². The van der Waals surface area contributed by atoms with Gasteiger partial charge in [0.25, 0.3) is 0 Å². The minimum absolute atomic E-state index is 0. The molecule has 206 valence electrons. The maximum atomic E-state index is 5.23. The number of aromatic nitrogens is 4. The molecule has 0 radical (unpaired) electrons. The Morgan fingerprint density at radius 2 is 0.795 bits per heavy atom. The Hall–Kier alpha value is -2.71. The second-order valence-corrected chi connectivity index (χ2v) is 10.2. The van der Waals surface area contributed by atoms with Crippen LogP contribution in [-0.2, 0) is 66.0 Å². The molecule has 5 heterocycles. The van der Waals surface area contributed by atoms with Crippen molar-refractivity contribution in [3.05, 3.63) is 89.2 Å². The molecule has 0 unspecified atom stereocenters. The van der Waals surface area contributed by atoms with E-state index in [0.717, 1.165) is 89.1 Å². The Balaban J connectivity index is 0.00000353. The molecule has 0 fully saturated rings. The van der Waals surface area contributed by atoms with Crippen LogP contribution < -0.4 is 41.3 Å². The van der Waals surface area contributed by atoms with E-state index < -0.39 is 0 Å². The molecule has 0 N–H and O–H groups in total. The molecule has 8 bridgehead atoms. The Morgan fingerprint density at radius 3 is 1.18 bits per heavy atom. The summed E-state index contributed by atoms with van der Waals surface area (Å²) in [6.07, 6.45) is 15.5. The molecule has 5 heteroatoms. The van der Waals surface area contributed by atoms with Crippen LogP contribution in [0.25, 0.3) is 24.3 Å². The van der Waals surface area contributed by atoms with Crippen LogP contribution >= 0.6 is 0 Å². The zero-order valence-corrected chi connectivity index (χ0v) is 26.7. The Bertz CT molecular complexity index is 1720. The van der Waals surface area contributed by atoms with Gasteiger partial charge >= 0.3 is 21.1 Å². The molecular weight excluding hydrogens is 659 g/mol. The van der Waals surface area contributed by atoms with E-state index in [-0.39, 0.29) is 21.1 Å². The molecule has 0 spiro atoms. The number of hydrogen-bond acceptors (Lipinski definition) is 0. The number of hydrogen-bond donors (Lipinski definition) is 0. The molecule has 4 aromatic heterocycles. The zero-order chi connectivity index (χ0) is 27.0. The Morgan fingerprint density at radius 1 is 0.410 bits per heavy atom. The quantitative estimate of drug-likeness (QED) is 0.262. The van der Waals surface area contributed by atoms with Crippen LogP contribution in [0.5, 0.6) is 0 Å². The zero-order valence-electron chi connectivity index (χ0n) is 24.4. The SMILES string of the molecule is CCc1cc2[n-]c1/C=c1\[n-]/c(c(CC)c1CC)=C\c1[n-]c(c(CC)c1CC)/C=c1\[n-]/c(c(CC)c1CC)=C\2.[Pt+4]. The Labute approximate surface area is 247 Å². The van der Waals surface area contributed by atoms with Gasteiger partial charge < -0.3 is 19.9 Å². The van der Waals surface area contributed by atoms with Gasteiger partial charge in [0.05, 0.1) is 0 Å². The van der Waals surface area contributed by atoms with Gasteiger partial charge in [0, 0.05) is 0 Å². The molecule has 0 amide bonds. The summed E-state index contributed by atoms with van der Waals surface area (Å²) in [6, 6.07) is 2.22. The fourth-order valence-corrected chi connectivity index (χ4v) is 6.31. The normalized spacial score (nSPS) is 15.8. The first-order valence-corrected chi connectivity index (χ1v) is 14.6. The topological polar surface area (TPSA) is 56.4 Å². The molecule has 39 heavy (non-hydrogen) atoms. The van der Waals surface area contributed by atoms with E-state index in [9.17, 15) is 0 Å². The fourth-order valence-electron chi connectivity index (χ4n) is 6.31. The number of aryl methyl sites for hydroxylation is 1. The third kappa shape index (κ3) is 5.13. The number of nitrogens with zero attached hydrogens (tertiary/aromatic N) is 4. The molecule has 5 rings (SSSR count). The van der Waals surface area contributed by atoms with E-state index in [1.165, 1.54) is 38.9 Å². The molecule has 0 aliphatic carbocycles. The fraction of sp³-hybridized carbons (Fsp3) is 0.412. The average molecular weight is 700 g/mol. The van der Waals surface area contributed by atoms with Crippen LogP contribution in [0.3, 0.4) is 0 Å². The third-order valence-electron chi connectivity index (χ3n) is 8.18. The summed E-state index contributed by atoms with van der Waals surface area (Å²) in [4.78, 5) is 20.7. The van der Waals surface area contributed by atoms with Crippen LogP contribution in [0.1, 0.15) is 110 Å². The number of rotatable bonds is 7. The third-order valence-corrected chi connectivity index (χ3v) is 8.18. The van der Waals surface area contributed by atoms with Crippen LogP contribution in [-0.4, -0.2) is 0 Å². The molecule has 4 aromatic rings. The smallest absolute Gasteiger partial charge is 0.658 e. The van der Waals surface area contributed by atoms with Crippen molar-refractivity contribution in [1.29, 1.82) is 0 Å². The van der Waals surface area contributed by atoms with Gasteiger partial charge in [-0.2, -0.15) is 0 Å². The summed E-state index contributed by atoms with van der Waals surface area (Å²) >= 11 is 0. The molecule has 1 aliphatic rings. The first-order valence-electron chi connectivity index (χ1n) is 14.6. The largest absolute Gasteiger partial charge is 4.00 e. The molecule has 0 saturated heterocycles. The van der Waals surface area contributed by atoms with Gasteiger partial charge in [-0.05, 0) is 44.9 Å². The van der Waals surface area contributed by atoms with E-state index in [1.807, 2.05) is 0 Å². The first kappa shape index (κ1) is 29.3. The van der Waals surface area contributed by atoms with Gasteiger partial charge in [0.1, 0.15) is 0 Å². The summed E-state index contributed by atoms with van der Waals surface area (Å²) in [6.45, 7) is 15.6. The second kappa shape index (κ2) is 12.2. The van der Waals surface area contributed by atoms with Crippen molar-refractivity contribution in [2.45, 2.75) is 93.4 Å². The maximum Gasteiger partial charge on any atom is 4.00 e. The minimum atomic E-state index is 0. The Kier molecular flexibility index (Phi) is 9.17. The molecular formula is C34H40N4Pt. The van der Waals surface area contributed by atoms with Crippen molar-refractivity contribution in [2.24, 2.45) is 0 Å². The predicted molar refractivity (Wildman–Crippen MR) is 157 cm³/mol. The van der Waals surface area contributed by atoms with E-state index in [0.29, 0.717) is 0 Å². The molecule has 4 nitrogen and oxygen atoms in total. The van der Waals surface area contributed by atoms with Gasteiger partial charge in [-0.15, -0.1) is 44.2 Å². The van der Waals surface area contributed by atoms with Gasteiger partial charge in [-0.3, -0.25) is 0 Å². The van der Waals surface area contributed by atoms with Crippen LogP contribution in [0, 0.1) is 0 Å². The molecule has 0 aromatic carbocycles. The summed E-state index contributed by atoms with van der Waals surface area (Å²) in [5.74, 6) is 0. The average Bonchev–Trinajstić information content (AvgIpc) is 3.65. The standard InChI is InChI=1S/C34H40N4.Pt/c1-8-20-15-21-16-29-22(9-2)23(10-3)31(36-29)18-33-26(13-6)27(14-7)34(38-33)19-32-25(12-5)24(11-4)30(37-32)17-28(20)35-21;/h15-19H,8-14H2,1-7H3;/q-4;+4/b21-16?,28-17?,29-16-,30-17-,31-18-,32-19-,33-18?,34-19?;. The molecule has 0 atom stereocenters. The van der Waals surface area contributed by atoms with E-state index in [2.05, 4.69) is 78.8 Å². The maximum absolute atomic E-state index is 5.23. The van der Waals surface area contributed by atoms with E-state index in [4.69, 9.17) is 19.9 Å². The van der Waals surface area contributed by atoms with Crippen molar-refractivity contribution < 1.29 is 21.1 Å². The van der Waals surface area contributed by atoms with E-state index >= 15 is 0 Å². The predicted octanol–water partition coefficient (Wildman–Crippen LogP) is 3.08. The summed E-state index contributed by atoms with van der Waals surface area (Å²) in [7, 11) is 0. The van der Waals surface area contributed by atoms with Gasteiger partial charge in [0.2, 0.25) is 0 Å². The summed E-state index contributed by atoms with van der Waals surface area (Å²) in [5, 5.41) is 4.19. The van der Waals surface area contributed by atoms with Crippen molar-refractivity contribution >= 4 is 24.3 Å². The summed E-state index contributed by atoms with van der Waals surface area (Å²) < 4.78 is 0. The first-order chi connectivity index (χ1) is 18.5. The van der Waals surface area contributed by atoms with Crippen molar-refractivity contribution in [3.8, 4) is 0 Å². The van der Waals surface area contributed by atoms with Crippen molar-refractivity contribution in [2.75, 3.05) is 0 Å². The van der Waals surface area contributed by atoms with Crippen LogP contribution in [0.2, 0.25) is 0 Å². The van der Waals surface area contributed by atoms with Gasteiger partial charge in [-0.1, -0.05) is 118 Å². The molecule has 0 saturated carbocycles. The minimum Gasteiger partial charge on any atom is -0.658 e. The van der Waals surface area contributed by atoms with E-state index in [1.54, 1.807) is 0 Å².